The highest BCUT2D eigenvalue weighted by atomic mass is 15.0. The molecule has 92 valence electrons. The Balaban J connectivity index is 3.05. The van der Waals surface area contributed by atoms with Gasteiger partial charge in [0, 0.05) is 0 Å². The van der Waals surface area contributed by atoms with Crippen LogP contribution < -0.4 is 22.1 Å². The maximum absolute atomic E-state index is 5.73. The molecule has 6 N–H and O–H groups in total. The third-order valence-corrected chi connectivity index (χ3v) is 2.55. The predicted octanol–water partition coefficient (Wildman–Crippen LogP) is 0.726. The summed E-state index contributed by atoms with van der Waals surface area (Å²) in [6, 6.07) is 0. The third kappa shape index (κ3) is 10.1. The zero-order valence-electron chi connectivity index (χ0n) is 10.3. The van der Waals surface area contributed by atoms with Crippen LogP contribution in [0.1, 0.15) is 46.0 Å². The fourth-order valence-electron chi connectivity index (χ4n) is 1.29. The Morgan fingerprint density at radius 1 is 0.800 bits per heavy atom. The lowest BCUT2D eigenvalue weighted by molar-refractivity contribution is 0.472. The molecule has 0 saturated heterocycles. The van der Waals surface area contributed by atoms with Crippen molar-refractivity contribution >= 4 is 0 Å². The molecule has 4 heteroatoms. The molecule has 0 amide bonds. The van der Waals surface area contributed by atoms with E-state index in [-0.39, 0.29) is 12.3 Å². The van der Waals surface area contributed by atoms with Gasteiger partial charge in [-0.2, -0.15) is 0 Å². The summed E-state index contributed by atoms with van der Waals surface area (Å²) in [5, 5.41) is 6.55. The minimum atomic E-state index is 0.164. The summed E-state index contributed by atoms with van der Waals surface area (Å²) in [4.78, 5) is 0. The van der Waals surface area contributed by atoms with Crippen molar-refractivity contribution in [3.63, 3.8) is 0 Å². The summed E-state index contributed by atoms with van der Waals surface area (Å²) >= 11 is 0. The van der Waals surface area contributed by atoms with Gasteiger partial charge in [-0.3, -0.25) is 0 Å². The minimum absolute atomic E-state index is 0.164. The molecule has 0 spiro atoms. The number of unbranched alkanes of at least 4 members (excludes halogenated alkanes) is 2. The second-order valence-corrected chi connectivity index (χ2v) is 4.00. The molecule has 0 aromatic rings. The van der Waals surface area contributed by atoms with E-state index < -0.39 is 0 Å². The molecule has 0 rings (SSSR count). The first-order chi connectivity index (χ1) is 7.20. The standard InChI is InChI=1S/C11H28N4/c1-3-10(12)14-8-6-5-7-9-15-11(13)4-2/h10-11,14-15H,3-9,12-13H2,1-2H3. The quantitative estimate of drug-likeness (QED) is 0.321. The van der Waals surface area contributed by atoms with Crippen LogP contribution in [0.25, 0.3) is 0 Å². The van der Waals surface area contributed by atoms with Crippen molar-refractivity contribution < 1.29 is 0 Å². The minimum Gasteiger partial charge on any atom is -0.316 e. The van der Waals surface area contributed by atoms with Crippen LogP contribution in [0, 0.1) is 0 Å². The number of rotatable bonds is 10. The van der Waals surface area contributed by atoms with Gasteiger partial charge >= 0.3 is 0 Å². The fourth-order valence-corrected chi connectivity index (χ4v) is 1.29. The van der Waals surface area contributed by atoms with Crippen LogP contribution in [0.15, 0.2) is 0 Å². The van der Waals surface area contributed by atoms with Crippen molar-refractivity contribution in [3.05, 3.63) is 0 Å². The summed E-state index contributed by atoms with van der Waals surface area (Å²) in [5.41, 5.74) is 11.5. The SMILES string of the molecule is CCC(N)NCCCCCNC(N)CC. The molecule has 0 radical (unpaired) electrons. The molecule has 4 nitrogen and oxygen atoms in total. The maximum atomic E-state index is 5.73. The average Bonchev–Trinajstić information content (AvgIpc) is 2.26. The maximum Gasteiger partial charge on any atom is 0.0543 e. The predicted molar refractivity (Wildman–Crippen MR) is 66.4 cm³/mol. The Morgan fingerprint density at radius 2 is 1.20 bits per heavy atom. The van der Waals surface area contributed by atoms with Crippen molar-refractivity contribution in [2.24, 2.45) is 11.5 Å². The molecule has 0 aromatic carbocycles. The Kier molecular flexibility index (Phi) is 10.3. The summed E-state index contributed by atoms with van der Waals surface area (Å²) < 4.78 is 0. The zero-order valence-corrected chi connectivity index (χ0v) is 10.3. The van der Waals surface area contributed by atoms with Crippen LogP contribution in [0.4, 0.5) is 0 Å². The van der Waals surface area contributed by atoms with Crippen molar-refractivity contribution in [1.29, 1.82) is 0 Å². The summed E-state index contributed by atoms with van der Waals surface area (Å²) in [7, 11) is 0. The van der Waals surface area contributed by atoms with Crippen LogP contribution >= 0.6 is 0 Å². The van der Waals surface area contributed by atoms with Gasteiger partial charge in [0.1, 0.15) is 0 Å². The lowest BCUT2D eigenvalue weighted by atomic mass is 10.2. The highest BCUT2D eigenvalue weighted by Gasteiger charge is 1.97. The number of nitrogens with two attached hydrogens (primary N) is 2. The second-order valence-electron chi connectivity index (χ2n) is 4.00. The van der Waals surface area contributed by atoms with E-state index in [1.165, 1.54) is 19.3 Å². The van der Waals surface area contributed by atoms with E-state index in [4.69, 9.17) is 11.5 Å². The molecule has 0 heterocycles. The van der Waals surface area contributed by atoms with E-state index in [2.05, 4.69) is 24.5 Å². The molecule has 15 heavy (non-hydrogen) atoms. The smallest absolute Gasteiger partial charge is 0.0543 e. The monoisotopic (exact) mass is 216 g/mol. The third-order valence-electron chi connectivity index (χ3n) is 2.55. The summed E-state index contributed by atoms with van der Waals surface area (Å²) in [5.74, 6) is 0. The Hall–Kier alpha value is -0.160. The highest BCUT2D eigenvalue weighted by molar-refractivity contribution is 4.58. The zero-order chi connectivity index (χ0) is 11.5. The van der Waals surface area contributed by atoms with E-state index in [0.29, 0.717) is 0 Å². The molecule has 0 fully saturated rings. The van der Waals surface area contributed by atoms with Gasteiger partial charge in [0.05, 0.1) is 12.3 Å². The van der Waals surface area contributed by atoms with E-state index in [1.807, 2.05) is 0 Å². The number of nitrogens with one attached hydrogen (secondary N) is 2. The lowest BCUT2D eigenvalue weighted by Crippen LogP contribution is -2.37. The van der Waals surface area contributed by atoms with Crippen molar-refractivity contribution in [1.82, 2.24) is 10.6 Å². The summed E-state index contributed by atoms with van der Waals surface area (Å²) in [6.07, 6.45) is 5.92. The van der Waals surface area contributed by atoms with E-state index in [0.717, 1.165) is 25.9 Å². The van der Waals surface area contributed by atoms with E-state index in [1.54, 1.807) is 0 Å². The van der Waals surface area contributed by atoms with Gasteiger partial charge < -0.3 is 22.1 Å². The van der Waals surface area contributed by atoms with Crippen LogP contribution in [0.3, 0.4) is 0 Å². The first-order valence-electron chi connectivity index (χ1n) is 6.18. The lowest BCUT2D eigenvalue weighted by Gasteiger charge is -2.12. The van der Waals surface area contributed by atoms with Gasteiger partial charge in [0.25, 0.3) is 0 Å². The van der Waals surface area contributed by atoms with Gasteiger partial charge in [-0.05, 0) is 38.8 Å². The van der Waals surface area contributed by atoms with Crippen LogP contribution in [0.5, 0.6) is 0 Å². The molecule has 0 aliphatic rings. The van der Waals surface area contributed by atoms with Crippen LogP contribution in [0.2, 0.25) is 0 Å². The number of hydrogen-bond acceptors (Lipinski definition) is 4. The first-order valence-corrected chi connectivity index (χ1v) is 6.18. The van der Waals surface area contributed by atoms with E-state index >= 15 is 0 Å². The largest absolute Gasteiger partial charge is 0.316 e. The molecule has 2 atom stereocenters. The fraction of sp³-hybridized carbons (Fsp3) is 1.00. The second kappa shape index (κ2) is 10.4. The topological polar surface area (TPSA) is 76.1 Å². The molecule has 0 saturated carbocycles. The first kappa shape index (κ1) is 14.8. The van der Waals surface area contributed by atoms with E-state index in [9.17, 15) is 0 Å². The van der Waals surface area contributed by atoms with Gasteiger partial charge in [-0.25, -0.2) is 0 Å². The Labute approximate surface area is 94.2 Å². The van der Waals surface area contributed by atoms with Crippen molar-refractivity contribution in [2.75, 3.05) is 13.1 Å². The molecule has 2 unspecified atom stereocenters. The van der Waals surface area contributed by atoms with Gasteiger partial charge in [-0.15, -0.1) is 0 Å². The van der Waals surface area contributed by atoms with Crippen molar-refractivity contribution in [2.45, 2.75) is 58.3 Å². The molecular formula is C11H28N4. The molecule has 0 aromatic heterocycles. The van der Waals surface area contributed by atoms with Crippen molar-refractivity contribution in [3.8, 4) is 0 Å². The highest BCUT2D eigenvalue weighted by Crippen LogP contribution is 1.94. The molecular weight excluding hydrogens is 188 g/mol. The Bertz CT molecular complexity index is 116. The molecule has 0 aliphatic carbocycles. The molecule has 0 aliphatic heterocycles. The van der Waals surface area contributed by atoms with Gasteiger partial charge in [-0.1, -0.05) is 20.3 Å². The van der Waals surface area contributed by atoms with Crippen LogP contribution in [-0.4, -0.2) is 25.4 Å². The van der Waals surface area contributed by atoms with Gasteiger partial charge in [0.2, 0.25) is 0 Å². The normalized spacial score (nSPS) is 15.2. The van der Waals surface area contributed by atoms with Crippen LogP contribution in [-0.2, 0) is 0 Å². The Morgan fingerprint density at radius 3 is 1.53 bits per heavy atom. The average molecular weight is 216 g/mol. The van der Waals surface area contributed by atoms with Gasteiger partial charge in [0.15, 0.2) is 0 Å². The summed E-state index contributed by atoms with van der Waals surface area (Å²) in [6.45, 7) is 6.23. The molecule has 0 bridgehead atoms. The number of hydrogen-bond donors (Lipinski definition) is 4.